The van der Waals surface area contributed by atoms with Crippen LogP contribution in [0.3, 0.4) is 0 Å². The Labute approximate surface area is 205 Å². The molecular weight excluding hydrogens is 450 g/mol. The summed E-state index contributed by atoms with van der Waals surface area (Å²) < 4.78 is 0. The SMILES string of the molecule is Cc1ncc(CC(=O)N[C@H]2CC[C@H](CCN3CCc4nc(N5CCC5C)sc4CC3)CC2)s1. The van der Waals surface area contributed by atoms with E-state index in [9.17, 15) is 4.79 Å². The molecule has 1 N–H and O–H groups in total. The van der Waals surface area contributed by atoms with Crippen molar-refractivity contribution < 1.29 is 4.79 Å². The van der Waals surface area contributed by atoms with Crippen molar-refractivity contribution in [2.45, 2.75) is 83.7 Å². The van der Waals surface area contributed by atoms with E-state index in [0.717, 1.165) is 48.0 Å². The summed E-state index contributed by atoms with van der Waals surface area (Å²) in [6.07, 6.45) is 11.9. The third kappa shape index (κ3) is 5.77. The molecule has 180 valence electrons. The first-order valence-electron chi connectivity index (χ1n) is 12.7. The van der Waals surface area contributed by atoms with Gasteiger partial charge in [-0.3, -0.25) is 4.79 Å². The summed E-state index contributed by atoms with van der Waals surface area (Å²) >= 11 is 3.56. The second kappa shape index (κ2) is 10.4. The average Bonchev–Trinajstić information content (AvgIpc) is 3.33. The van der Waals surface area contributed by atoms with E-state index in [2.05, 4.69) is 27.0 Å². The van der Waals surface area contributed by atoms with Crippen LogP contribution < -0.4 is 10.2 Å². The summed E-state index contributed by atoms with van der Waals surface area (Å²) in [6, 6.07) is 1.02. The number of amides is 1. The van der Waals surface area contributed by atoms with Crippen LogP contribution >= 0.6 is 22.7 Å². The molecule has 1 saturated heterocycles. The van der Waals surface area contributed by atoms with Gasteiger partial charge < -0.3 is 15.1 Å². The Kier molecular flexibility index (Phi) is 7.33. The molecule has 2 aliphatic heterocycles. The molecule has 0 bridgehead atoms. The molecule has 1 atom stereocenters. The lowest BCUT2D eigenvalue weighted by molar-refractivity contribution is -0.121. The van der Waals surface area contributed by atoms with Gasteiger partial charge >= 0.3 is 0 Å². The molecule has 6 nitrogen and oxygen atoms in total. The molecule has 2 aromatic rings. The van der Waals surface area contributed by atoms with Gasteiger partial charge in [0.15, 0.2) is 5.13 Å². The summed E-state index contributed by atoms with van der Waals surface area (Å²) in [7, 11) is 0. The molecule has 2 fully saturated rings. The van der Waals surface area contributed by atoms with Crippen LogP contribution in [0, 0.1) is 12.8 Å². The largest absolute Gasteiger partial charge is 0.353 e. The second-order valence-corrected chi connectivity index (χ2v) is 12.5. The Morgan fingerprint density at radius 3 is 2.64 bits per heavy atom. The normalized spacial score (nSPS) is 25.9. The summed E-state index contributed by atoms with van der Waals surface area (Å²) in [5, 5.41) is 5.55. The number of hydrogen-bond donors (Lipinski definition) is 1. The summed E-state index contributed by atoms with van der Waals surface area (Å²) in [5.74, 6) is 0.955. The van der Waals surface area contributed by atoms with E-state index in [1.807, 2.05) is 24.5 Å². The van der Waals surface area contributed by atoms with Gasteiger partial charge in [0.1, 0.15) is 0 Å². The Balaban J connectivity index is 1.00. The maximum absolute atomic E-state index is 12.4. The van der Waals surface area contributed by atoms with Crippen molar-refractivity contribution in [3.63, 3.8) is 0 Å². The van der Waals surface area contributed by atoms with E-state index in [0.29, 0.717) is 18.5 Å². The predicted molar refractivity (Wildman–Crippen MR) is 136 cm³/mol. The number of nitrogens with one attached hydrogen (secondary N) is 1. The Morgan fingerprint density at radius 2 is 1.94 bits per heavy atom. The summed E-state index contributed by atoms with van der Waals surface area (Å²) in [6.45, 7) is 9.00. The Morgan fingerprint density at radius 1 is 1.12 bits per heavy atom. The number of fused-ring (bicyclic) bond motifs is 1. The molecule has 0 aromatic carbocycles. The van der Waals surface area contributed by atoms with Crippen LogP contribution in [0.2, 0.25) is 0 Å². The average molecular weight is 488 g/mol. The smallest absolute Gasteiger partial charge is 0.225 e. The molecule has 5 rings (SSSR count). The van der Waals surface area contributed by atoms with Crippen LogP contribution in [-0.2, 0) is 24.1 Å². The van der Waals surface area contributed by atoms with Crippen LogP contribution in [0.5, 0.6) is 0 Å². The highest BCUT2D eigenvalue weighted by molar-refractivity contribution is 7.15. The molecule has 0 radical (unpaired) electrons. The lowest BCUT2D eigenvalue weighted by atomic mass is 9.84. The fraction of sp³-hybridized carbons (Fsp3) is 0.720. The number of anilines is 1. The van der Waals surface area contributed by atoms with Crippen molar-refractivity contribution in [1.29, 1.82) is 0 Å². The molecule has 8 heteroatoms. The maximum atomic E-state index is 12.4. The van der Waals surface area contributed by atoms with Crippen molar-refractivity contribution >= 4 is 33.7 Å². The lowest BCUT2D eigenvalue weighted by Crippen LogP contribution is -2.45. The highest BCUT2D eigenvalue weighted by atomic mass is 32.1. The summed E-state index contributed by atoms with van der Waals surface area (Å²) in [4.78, 5) is 29.3. The molecule has 3 aliphatic rings. The van der Waals surface area contributed by atoms with Crippen LogP contribution in [0.1, 0.15) is 65.9 Å². The van der Waals surface area contributed by atoms with E-state index in [-0.39, 0.29) is 5.91 Å². The number of carbonyl (C=O) groups is 1. The van der Waals surface area contributed by atoms with Crippen LogP contribution in [0.15, 0.2) is 6.20 Å². The molecule has 1 amide bonds. The third-order valence-corrected chi connectivity index (χ3v) is 9.83. The maximum Gasteiger partial charge on any atom is 0.225 e. The molecule has 1 saturated carbocycles. The fourth-order valence-electron chi connectivity index (χ4n) is 5.43. The van der Waals surface area contributed by atoms with Crippen molar-refractivity contribution in [1.82, 2.24) is 20.2 Å². The number of rotatable bonds is 7. The molecule has 4 heterocycles. The van der Waals surface area contributed by atoms with Gasteiger partial charge in [-0.05, 0) is 71.3 Å². The first kappa shape index (κ1) is 23.2. The van der Waals surface area contributed by atoms with Gasteiger partial charge in [0.2, 0.25) is 5.91 Å². The fourth-order valence-corrected chi connectivity index (χ4v) is 7.44. The molecule has 1 unspecified atom stereocenters. The highest BCUT2D eigenvalue weighted by Crippen LogP contribution is 2.34. The van der Waals surface area contributed by atoms with Crippen molar-refractivity contribution in [2.24, 2.45) is 5.92 Å². The monoisotopic (exact) mass is 487 g/mol. The Hall–Kier alpha value is -1.51. The topological polar surface area (TPSA) is 61.4 Å². The number of aromatic nitrogens is 2. The van der Waals surface area contributed by atoms with Crippen LogP contribution in [0.4, 0.5) is 5.13 Å². The van der Waals surface area contributed by atoms with Crippen molar-refractivity contribution in [2.75, 3.05) is 31.1 Å². The van der Waals surface area contributed by atoms with E-state index >= 15 is 0 Å². The highest BCUT2D eigenvalue weighted by Gasteiger charge is 2.29. The number of aryl methyl sites for hydroxylation is 1. The van der Waals surface area contributed by atoms with Gasteiger partial charge in [0.05, 0.1) is 17.1 Å². The minimum atomic E-state index is 0.152. The minimum Gasteiger partial charge on any atom is -0.353 e. The molecule has 0 spiro atoms. The number of nitrogens with zero attached hydrogens (tertiary/aromatic N) is 4. The standard InChI is InChI=1S/C25H37N5OS2/c1-17-7-14-30(17)25-28-22-9-12-29(13-10-23(22)33-25)11-8-19-3-5-20(6-4-19)27-24(31)15-21-16-26-18(2)32-21/h16-17,19-20H,3-15H2,1-2H3,(H,27,31)/t17?,19-,20-. The van der Waals surface area contributed by atoms with Gasteiger partial charge in [-0.2, -0.15) is 0 Å². The van der Waals surface area contributed by atoms with Gasteiger partial charge in [-0.25, -0.2) is 9.97 Å². The molecule has 1 aliphatic carbocycles. The Bertz CT molecular complexity index is 923. The second-order valence-electron chi connectivity index (χ2n) is 10.1. The molecular formula is C25H37N5OS2. The van der Waals surface area contributed by atoms with Gasteiger partial charge in [-0.15, -0.1) is 22.7 Å². The molecule has 33 heavy (non-hydrogen) atoms. The number of thiazole rings is 2. The zero-order valence-corrected chi connectivity index (χ0v) is 21.6. The van der Waals surface area contributed by atoms with E-state index in [1.54, 1.807) is 11.3 Å². The zero-order valence-electron chi connectivity index (χ0n) is 20.0. The number of hydrogen-bond acceptors (Lipinski definition) is 7. The summed E-state index contributed by atoms with van der Waals surface area (Å²) in [5.41, 5.74) is 1.36. The van der Waals surface area contributed by atoms with Crippen molar-refractivity contribution in [3.8, 4) is 0 Å². The first-order valence-corrected chi connectivity index (χ1v) is 14.3. The quantitative estimate of drug-likeness (QED) is 0.634. The van der Waals surface area contributed by atoms with Gasteiger partial charge in [0.25, 0.3) is 0 Å². The van der Waals surface area contributed by atoms with Crippen LogP contribution in [0.25, 0.3) is 0 Å². The number of carbonyl (C=O) groups excluding carboxylic acids is 1. The molecule has 2 aromatic heterocycles. The first-order chi connectivity index (χ1) is 16.0. The lowest BCUT2D eigenvalue weighted by Gasteiger charge is -2.38. The van der Waals surface area contributed by atoms with E-state index in [1.165, 1.54) is 61.0 Å². The minimum absolute atomic E-state index is 0.152. The van der Waals surface area contributed by atoms with Crippen LogP contribution in [-0.4, -0.2) is 59.0 Å². The zero-order chi connectivity index (χ0) is 22.8. The predicted octanol–water partition coefficient (Wildman–Crippen LogP) is 4.22. The van der Waals surface area contributed by atoms with Gasteiger partial charge in [-0.1, -0.05) is 0 Å². The van der Waals surface area contributed by atoms with Crippen molar-refractivity contribution in [3.05, 3.63) is 26.7 Å². The van der Waals surface area contributed by atoms with E-state index in [4.69, 9.17) is 4.98 Å². The van der Waals surface area contributed by atoms with E-state index < -0.39 is 0 Å². The van der Waals surface area contributed by atoms with Gasteiger partial charge in [0, 0.05) is 54.1 Å². The third-order valence-electron chi connectivity index (χ3n) is 7.72.